The van der Waals surface area contributed by atoms with Crippen molar-refractivity contribution in [1.82, 2.24) is 20.3 Å². The van der Waals surface area contributed by atoms with Crippen molar-refractivity contribution in [2.75, 3.05) is 19.6 Å². The summed E-state index contributed by atoms with van der Waals surface area (Å²) in [6, 6.07) is -0.0628. The molecule has 2 N–H and O–H groups in total. The Bertz CT molecular complexity index is 439. The van der Waals surface area contributed by atoms with Gasteiger partial charge in [0, 0.05) is 18.6 Å². The molecule has 3 amide bonds. The summed E-state index contributed by atoms with van der Waals surface area (Å²) in [5, 5.41) is 5.97. The van der Waals surface area contributed by atoms with Crippen LogP contribution in [-0.2, 0) is 9.59 Å². The number of fused-ring (bicyclic) bond motifs is 2. The van der Waals surface area contributed by atoms with Crippen LogP contribution in [0.5, 0.6) is 0 Å². The second-order valence-corrected chi connectivity index (χ2v) is 6.14. The Morgan fingerprint density at radius 1 is 1.29 bits per heavy atom. The number of piperidine rings is 2. The monoisotopic (exact) mass is 292 g/mol. The van der Waals surface area contributed by atoms with Crippen LogP contribution in [0.3, 0.4) is 0 Å². The lowest BCUT2D eigenvalue weighted by molar-refractivity contribution is -0.127. The Morgan fingerprint density at radius 2 is 2.05 bits per heavy atom. The minimum atomic E-state index is -0.322. The fraction of sp³-hybridized carbons (Fsp3) is 0.769. The Balaban J connectivity index is 1.50. The van der Waals surface area contributed by atoms with Gasteiger partial charge in [-0.3, -0.25) is 4.79 Å². The summed E-state index contributed by atoms with van der Waals surface area (Å²) in [7, 11) is 0.471. The topological polar surface area (TPSA) is 81.8 Å². The Morgan fingerprint density at radius 3 is 2.76 bits per heavy atom. The Kier molecular flexibility index (Phi) is 4.14. The van der Waals surface area contributed by atoms with Gasteiger partial charge in [0.25, 0.3) is 7.41 Å². The first kappa shape index (κ1) is 14.4. The van der Waals surface area contributed by atoms with Gasteiger partial charge in [0.15, 0.2) is 0 Å². The van der Waals surface area contributed by atoms with E-state index in [1.807, 2.05) is 0 Å². The predicted octanol–water partition coefficient (Wildman–Crippen LogP) is -1.34. The molecule has 21 heavy (non-hydrogen) atoms. The van der Waals surface area contributed by atoms with E-state index in [1.165, 1.54) is 0 Å². The van der Waals surface area contributed by atoms with Crippen molar-refractivity contribution in [3.05, 3.63) is 0 Å². The van der Waals surface area contributed by atoms with E-state index in [0.717, 1.165) is 45.0 Å². The van der Waals surface area contributed by atoms with Gasteiger partial charge >= 0.3 is 6.03 Å². The molecule has 8 heteroatoms. The number of nitrogens with zero attached hydrogens (tertiary/aromatic N) is 2. The zero-order chi connectivity index (χ0) is 14.8. The first-order chi connectivity index (χ1) is 10.2. The van der Waals surface area contributed by atoms with Gasteiger partial charge in [-0.15, -0.1) is 0 Å². The molecule has 0 aromatic rings. The fourth-order valence-electron chi connectivity index (χ4n) is 3.51. The SMILES string of the molecule is O=CBN1CCC(NC(=O)[C@@H]2CC[C@@H]3CN2C(=O)N3)CC1. The standard InChI is InChI=1S/C13H21BN4O3/c19-8-14-17-5-3-9(4-6-17)15-12(20)11-2-1-10-7-18(11)13(21)16-10/h8-11,14H,1-7H2,(H,15,20)(H,16,21)/t10-,11+/m1/s1. The summed E-state index contributed by atoms with van der Waals surface area (Å²) in [6.45, 7) is 2.32. The van der Waals surface area contributed by atoms with E-state index in [9.17, 15) is 14.4 Å². The van der Waals surface area contributed by atoms with Crippen LogP contribution >= 0.6 is 0 Å². The van der Waals surface area contributed by atoms with Gasteiger partial charge in [0.05, 0.1) is 6.19 Å². The average Bonchev–Trinajstić information content (AvgIpc) is 2.76. The van der Waals surface area contributed by atoms with Crippen molar-refractivity contribution in [3.63, 3.8) is 0 Å². The lowest BCUT2D eigenvalue weighted by atomic mass is 9.89. The first-order valence-corrected chi connectivity index (χ1v) is 7.71. The minimum Gasteiger partial charge on any atom is -0.351 e. The second-order valence-electron chi connectivity index (χ2n) is 6.14. The third-order valence-electron chi connectivity index (χ3n) is 4.74. The van der Waals surface area contributed by atoms with Crippen LogP contribution in [0.15, 0.2) is 0 Å². The minimum absolute atomic E-state index is 0.0284. The molecule has 0 aliphatic carbocycles. The molecule has 7 nitrogen and oxygen atoms in total. The van der Waals surface area contributed by atoms with Gasteiger partial charge in [-0.2, -0.15) is 0 Å². The summed E-state index contributed by atoms with van der Waals surface area (Å²) in [5.41, 5.74) is 0. The van der Waals surface area contributed by atoms with Crippen LogP contribution in [0.25, 0.3) is 0 Å². The molecule has 2 bridgehead atoms. The number of nitrogens with one attached hydrogen (secondary N) is 2. The second kappa shape index (κ2) is 6.05. The molecule has 3 rings (SSSR count). The Labute approximate surface area is 124 Å². The molecule has 114 valence electrons. The summed E-state index contributed by atoms with van der Waals surface area (Å²) in [5.74, 6) is -0.0284. The van der Waals surface area contributed by atoms with Crippen LogP contribution in [0.2, 0.25) is 0 Å². The number of hydrogen-bond donors (Lipinski definition) is 2. The summed E-state index contributed by atoms with van der Waals surface area (Å²) >= 11 is 0. The molecule has 3 aliphatic rings. The van der Waals surface area contributed by atoms with Gasteiger partial charge in [0.1, 0.15) is 6.04 Å². The van der Waals surface area contributed by atoms with Crippen molar-refractivity contribution < 1.29 is 14.4 Å². The van der Waals surface area contributed by atoms with Crippen molar-refractivity contribution in [2.24, 2.45) is 0 Å². The normalized spacial score (nSPS) is 29.9. The highest BCUT2D eigenvalue weighted by Gasteiger charge is 2.42. The summed E-state index contributed by atoms with van der Waals surface area (Å²) in [6.07, 6.45) is 4.25. The fourth-order valence-corrected chi connectivity index (χ4v) is 3.51. The maximum Gasteiger partial charge on any atom is 0.318 e. The highest BCUT2D eigenvalue weighted by molar-refractivity contribution is 6.64. The molecule has 3 heterocycles. The van der Waals surface area contributed by atoms with E-state index >= 15 is 0 Å². The van der Waals surface area contributed by atoms with Crippen LogP contribution in [-0.4, -0.2) is 73.0 Å². The van der Waals surface area contributed by atoms with Gasteiger partial charge < -0.3 is 25.1 Å². The van der Waals surface area contributed by atoms with Crippen LogP contribution in [0.4, 0.5) is 4.79 Å². The number of rotatable bonds is 4. The molecule has 3 fully saturated rings. The molecule has 2 atom stereocenters. The molecule has 3 aliphatic heterocycles. The number of carbonyl (C=O) groups excluding carboxylic acids is 3. The molecule has 0 aromatic heterocycles. The van der Waals surface area contributed by atoms with E-state index in [-0.39, 0.29) is 30.1 Å². The third kappa shape index (κ3) is 3.05. The number of hydrogen-bond acceptors (Lipinski definition) is 4. The Hall–Kier alpha value is -1.57. The molecular formula is C13H21BN4O3. The van der Waals surface area contributed by atoms with Crippen molar-refractivity contribution in [1.29, 1.82) is 0 Å². The maximum atomic E-state index is 12.4. The number of carbonyl (C=O) groups is 3. The van der Waals surface area contributed by atoms with Crippen LogP contribution in [0.1, 0.15) is 25.7 Å². The van der Waals surface area contributed by atoms with E-state index in [2.05, 4.69) is 15.4 Å². The predicted molar refractivity (Wildman–Crippen MR) is 78.7 cm³/mol. The maximum absolute atomic E-state index is 12.4. The quantitative estimate of drug-likeness (QED) is 0.496. The van der Waals surface area contributed by atoms with Gasteiger partial charge in [0.2, 0.25) is 5.91 Å². The number of amides is 3. The molecule has 0 radical (unpaired) electrons. The molecular weight excluding hydrogens is 271 g/mol. The van der Waals surface area contributed by atoms with E-state index in [1.54, 1.807) is 4.90 Å². The summed E-state index contributed by atoms with van der Waals surface area (Å²) < 4.78 is 0. The van der Waals surface area contributed by atoms with E-state index in [0.29, 0.717) is 14.0 Å². The smallest absolute Gasteiger partial charge is 0.318 e. The molecule has 0 saturated carbocycles. The van der Waals surface area contributed by atoms with Gasteiger partial charge in [-0.1, -0.05) is 0 Å². The zero-order valence-electron chi connectivity index (χ0n) is 12.1. The van der Waals surface area contributed by atoms with E-state index in [4.69, 9.17) is 0 Å². The number of urea groups is 1. The highest BCUT2D eigenvalue weighted by Crippen LogP contribution is 2.23. The van der Waals surface area contributed by atoms with Gasteiger partial charge in [-0.05, 0) is 38.8 Å². The van der Waals surface area contributed by atoms with Gasteiger partial charge in [-0.25, -0.2) is 4.79 Å². The zero-order valence-corrected chi connectivity index (χ0v) is 12.1. The molecule has 0 unspecified atom stereocenters. The molecule has 3 saturated heterocycles. The third-order valence-corrected chi connectivity index (χ3v) is 4.74. The lowest BCUT2D eigenvalue weighted by Crippen LogP contribution is -2.54. The lowest BCUT2D eigenvalue weighted by Gasteiger charge is -2.34. The van der Waals surface area contributed by atoms with E-state index < -0.39 is 0 Å². The average molecular weight is 292 g/mol. The largest absolute Gasteiger partial charge is 0.351 e. The molecule has 0 spiro atoms. The van der Waals surface area contributed by atoms with Crippen LogP contribution < -0.4 is 10.6 Å². The van der Waals surface area contributed by atoms with Crippen LogP contribution in [0, 0.1) is 0 Å². The van der Waals surface area contributed by atoms with Crippen molar-refractivity contribution >= 4 is 25.5 Å². The summed E-state index contributed by atoms with van der Waals surface area (Å²) in [4.78, 5) is 38.4. The van der Waals surface area contributed by atoms with Crippen molar-refractivity contribution in [2.45, 2.75) is 43.8 Å². The van der Waals surface area contributed by atoms with Crippen molar-refractivity contribution in [3.8, 4) is 0 Å². The first-order valence-electron chi connectivity index (χ1n) is 7.71. The highest BCUT2D eigenvalue weighted by atomic mass is 16.2. The molecule has 0 aromatic carbocycles.